The summed E-state index contributed by atoms with van der Waals surface area (Å²) >= 11 is 7.15. The average Bonchev–Trinajstić information content (AvgIpc) is 3.03. The topological polar surface area (TPSA) is 72.0 Å². The van der Waals surface area contributed by atoms with Crippen LogP contribution in [-0.4, -0.2) is 18.4 Å². The Morgan fingerprint density at radius 2 is 1.87 bits per heavy atom. The third-order valence-corrected chi connectivity index (χ3v) is 5.53. The van der Waals surface area contributed by atoms with Crippen molar-refractivity contribution in [1.82, 2.24) is 14.7 Å². The summed E-state index contributed by atoms with van der Waals surface area (Å²) in [5.74, 6) is 0. The Morgan fingerprint density at radius 3 is 2.57 bits per heavy atom. The van der Waals surface area contributed by atoms with Crippen molar-refractivity contribution in [3.05, 3.63) is 64.1 Å². The molecule has 0 aliphatic carbocycles. The van der Waals surface area contributed by atoms with Gasteiger partial charge >= 0.3 is 0 Å². The molecule has 8 heteroatoms. The van der Waals surface area contributed by atoms with Gasteiger partial charge in [0.25, 0.3) is 0 Å². The van der Waals surface area contributed by atoms with E-state index in [0.717, 1.165) is 11.4 Å². The van der Waals surface area contributed by atoms with Gasteiger partial charge in [-0.25, -0.2) is 18.1 Å². The number of pyridine rings is 1. The summed E-state index contributed by atoms with van der Waals surface area (Å²) in [5.41, 5.74) is 1.49. The molecule has 0 fully saturated rings. The molecule has 23 heavy (non-hydrogen) atoms. The molecule has 1 aromatic carbocycles. The van der Waals surface area contributed by atoms with Crippen LogP contribution in [0.3, 0.4) is 0 Å². The maximum Gasteiger partial charge on any atom is 0.240 e. The van der Waals surface area contributed by atoms with Crippen LogP contribution in [0.1, 0.15) is 5.01 Å². The van der Waals surface area contributed by atoms with Gasteiger partial charge in [0.2, 0.25) is 10.0 Å². The van der Waals surface area contributed by atoms with Crippen LogP contribution < -0.4 is 4.72 Å². The van der Waals surface area contributed by atoms with E-state index in [4.69, 9.17) is 11.6 Å². The lowest BCUT2D eigenvalue weighted by atomic mass is 10.3. The molecule has 0 amide bonds. The van der Waals surface area contributed by atoms with Crippen LogP contribution in [0.5, 0.6) is 0 Å². The number of rotatable bonds is 5. The number of thiazole rings is 1. The fraction of sp³-hybridized carbons (Fsp3) is 0.0667. The number of nitrogens with zero attached hydrogens (tertiary/aromatic N) is 2. The van der Waals surface area contributed by atoms with Crippen LogP contribution in [0, 0.1) is 0 Å². The molecule has 0 aliphatic rings. The fourth-order valence-corrected chi connectivity index (χ4v) is 3.81. The van der Waals surface area contributed by atoms with E-state index >= 15 is 0 Å². The van der Waals surface area contributed by atoms with Crippen molar-refractivity contribution < 1.29 is 8.42 Å². The van der Waals surface area contributed by atoms with Gasteiger partial charge in [0.15, 0.2) is 0 Å². The lowest BCUT2D eigenvalue weighted by Gasteiger charge is -2.05. The maximum atomic E-state index is 12.2. The van der Waals surface area contributed by atoms with Gasteiger partial charge in [-0.15, -0.1) is 11.3 Å². The zero-order chi connectivity index (χ0) is 16.3. The second-order valence-electron chi connectivity index (χ2n) is 4.62. The van der Waals surface area contributed by atoms with Crippen molar-refractivity contribution in [3.63, 3.8) is 0 Å². The molecule has 0 aliphatic heterocycles. The van der Waals surface area contributed by atoms with Gasteiger partial charge in [-0.05, 0) is 36.4 Å². The van der Waals surface area contributed by atoms with Gasteiger partial charge < -0.3 is 0 Å². The smallest absolute Gasteiger partial charge is 0.240 e. The van der Waals surface area contributed by atoms with E-state index in [1.165, 1.54) is 23.5 Å². The molecule has 0 atom stereocenters. The predicted octanol–water partition coefficient (Wildman–Crippen LogP) is 3.34. The van der Waals surface area contributed by atoms with Crippen LogP contribution in [0.25, 0.3) is 11.4 Å². The second kappa shape index (κ2) is 6.76. The molecule has 0 bridgehead atoms. The van der Waals surface area contributed by atoms with Crippen molar-refractivity contribution in [3.8, 4) is 11.4 Å². The van der Waals surface area contributed by atoms with Gasteiger partial charge in [0, 0.05) is 16.6 Å². The Balaban J connectivity index is 1.71. The van der Waals surface area contributed by atoms with E-state index in [-0.39, 0.29) is 11.4 Å². The zero-order valence-corrected chi connectivity index (χ0v) is 14.2. The molecule has 2 aromatic heterocycles. The summed E-state index contributed by atoms with van der Waals surface area (Å²) in [5, 5.41) is 3.01. The molecule has 3 rings (SSSR count). The molecule has 0 unspecified atom stereocenters. The highest BCUT2D eigenvalue weighted by atomic mass is 35.5. The first-order valence-electron chi connectivity index (χ1n) is 6.66. The lowest BCUT2D eigenvalue weighted by molar-refractivity contribution is 0.581. The van der Waals surface area contributed by atoms with Crippen LogP contribution in [-0.2, 0) is 16.6 Å². The van der Waals surface area contributed by atoms with Crippen LogP contribution in [0.4, 0.5) is 0 Å². The summed E-state index contributed by atoms with van der Waals surface area (Å²) in [6, 6.07) is 11.6. The number of sulfonamides is 1. The monoisotopic (exact) mass is 365 g/mol. The third kappa shape index (κ3) is 3.94. The Labute approximate surface area is 143 Å². The number of aromatic nitrogens is 2. The molecule has 3 aromatic rings. The van der Waals surface area contributed by atoms with Gasteiger partial charge in [-0.3, -0.25) is 4.98 Å². The van der Waals surface area contributed by atoms with Gasteiger partial charge in [0.05, 0.1) is 22.8 Å². The summed E-state index contributed by atoms with van der Waals surface area (Å²) in [6.45, 7) is 0.127. The third-order valence-electron chi connectivity index (χ3n) is 3.02. The minimum absolute atomic E-state index is 0.127. The first-order chi connectivity index (χ1) is 11.0. The molecule has 1 N–H and O–H groups in total. The van der Waals surface area contributed by atoms with E-state index < -0.39 is 10.0 Å². The predicted molar refractivity (Wildman–Crippen MR) is 90.8 cm³/mol. The average molecular weight is 366 g/mol. The number of benzene rings is 1. The van der Waals surface area contributed by atoms with Crippen molar-refractivity contribution in [1.29, 1.82) is 0 Å². The Morgan fingerprint density at radius 1 is 1.09 bits per heavy atom. The zero-order valence-electron chi connectivity index (χ0n) is 11.8. The number of nitrogens with one attached hydrogen (secondary N) is 1. The highest BCUT2D eigenvalue weighted by molar-refractivity contribution is 7.89. The summed E-state index contributed by atoms with van der Waals surface area (Å²) in [4.78, 5) is 8.79. The molecule has 0 saturated carbocycles. The summed E-state index contributed by atoms with van der Waals surface area (Å²) < 4.78 is 26.9. The minimum atomic E-state index is -3.59. The fourth-order valence-electron chi connectivity index (χ4n) is 1.88. The molecule has 0 spiro atoms. The molecular weight excluding hydrogens is 354 g/mol. The molecule has 5 nitrogen and oxygen atoms in total. The standard InChI is InChI=1S/C15H12ClN3O2S2/c16-11-4-6-12(7-5-11)23(20,21)18-9-15-19-14(10-22-15)13-3-1-2-8-17-13/h1-8,10,18H,9H2. The van der Waals surface area contributed by atoms with Crippen LogP contribution >= 0.6 is 22.9 Å². The molecule has 0 saturated heterocycles. The van der Waals surface area contributed by atoms with Gasteiger partial charge in [-0.1, -0.05) is 17.7 Å². The van der Waals surface area contributed by atoms with Gasteiger partial charge in [-0.2, -0.15) is 0 Å². The summed E-state index contributed by atoms with van der Waals surface area (Å²) in [7, 11) is -3.59. The van der Waals surface area contributed by atoms with E-state index in [1.54, 1.807) is 18.3 Å². The normalized spacial score (nSPS) is 11.5. The van der Waals surface area contributed by atoms with Gasteiger partial charge in [0.1, 0.15) is 5.01 Å². The van der Waals surface area contributed by atoms with E-state index in [9.17, 15) is 8.42 Å². The molecule has 2 heterocycles. The molecule has 0 radical (unpaired) electrons. The van der Waals surface area contributed by atoms with E-state index in [0.29, 0.717) is 10.0 Å². The molecule has 118 valence electrons. The number of halogens is 1. The highest BCUT2D eigenvalue weighted by Gasteiger charge is 2.14. The Hall–Kier alpha value is -1.80. The minimum Gasteiger partial charge on any atom is -0.255 e. The van der Waals surface area contributed by atoms with Crippen LogP contribution in [0.2, 0.25) is 5.02 Å². The maximum absolute atomic E-state index is 12.2. The quantitative estimate of drug-likeness (QED) is 0.752. The van der Waals surface area contributed by atoms with Crippen LogP contribution in [0.15, 0.2) is 58.9 Å². The van der Waals surface area contributed by atoms with Crippen molar-refractivity contribution >= 4 is 33.0 Å². The first kappa shape index (κ1) is 16.1. The van der Waals surface area contributed by atoms with E-state index in [2.05, 4.69) is 14.7 Å². The number of hydrogen-bond acceptors (Lipinski definition) is 5. The SMILES string of the molecule is O=S(=O)(NCc1nc(-c2ccccn2)cs1)c1ccc(Cl)cc1. The lowest BCUT2D eigenvalue weighted by Crippen LogP contribution is -2.23. The highest BCUT2D eigenvalue weighted by Crippen LogP contribution is 2.20. The van der Waals surface area contributed by atoms with Crippen molar-refractivity contribution in [2.24, 2.45) is 0 Å². The molecular formula is C15H12ClN3O2S2. The number of hydrogen-bond donors (Lipinski definition) is 1. The van der Waals surface area contributed by atoms with Crippen molar-refractivity contribution in [2.75, 3.05) is 0 Å². The second-order valence-corrected chi connectivity index (χ2v) is 7.77. The first-order valence-corrected chi connectivity index (χ1v) is 9.40. The Kier molecular flexibility index (Phi) is 4.72. The summed E-state index contributed by atoms with van der Waals surface area (Å²) in [6.07, 6.45) is 1.69. The van der Waals surface area contributed by atoms with Crippen molar-refractivity contribution in [2.45, 2.75) is 11.4 Å². The largest absolute Gasteiger partial charge is 0.255 e. The van der Waals surface area contributed by atoms with E-state index in [1.807, 2.05) is 23.6 Å². The Bertz CT molecular complexity index is 894.